The minimum absolute atomic E-state index is 0.0191. The zero-order valence-corrected chi connectivity index (χ0v) is 36.0. The number of nitrogens with two attached hydrogens (primary N) is 1. The Morgan fingerprint density at radius 3 is 2.52 bits per heavy atom. The number of allylic oxidation sites excluding steroid dienone is 1. The number of aliphatic hydroxyl groups is 3. The summed E-state index contributed by atoms with van der Waals surface area (Å²) in [5, 5.41) is 47.7. The van der Waals surface area contributed by atoms with Gasteiger partial charge < -0.3 is 36.2 Å². The van der Waals surface area contributed by atoms with Crippen LogP contribution in [-0.4, -0.2) is 81.7 Å². The second kappa shape index (κ2) is 21.2. The lowest BCUT2D eigenvalue weighted by Gasteiger charge is -2.33. The summed E-state index contributed by atoms with van der Waals surface area (Å²) >= 11 is 0. The molecule has 7 N–H and O–H groups in total. The highest BCUT2D eigenvalue weighted by molar-refractivity contribution is 6.06. The van der Waals surface area contributed by atoms with Gasteiger partial charge in [0.05, 0.1) is 37.6 Å². The zero-order valence-electron chi connectivity index (χ0n) is 36.0. The summed E-state index contributed by atoms with van der Waals surface area (Å²) in [4.78, 5) is 37.4. The molecule has 11 nitrogen and oxygen atoms in total. The predicted octanol–water partition coefficient (Wildman–Crippen LogP) is 6.17. The van der Waals surface area contributed by atoms with E-state index in [4.69, 9.17) is 15.5 Å². The summed E-state index contributed by atoms with van der Waals surface area (Å²) in [6, 6.07) is 17.0. The maximum absolute atomic E-state index is 14.7. The summed E-state index contributed by atoms with van der Waals surface area (Å²) in [6.45, 7) is 7.14. The smallest absolute Gasteiger partial charge is 0.177 e. The van der Waals surface area contributed by atoms with Crippen LogP contribution in [0.1, 0.15) is 93.9 Å². The molecule has 3 aromatic rings. The lowest BCUT2D eigenvalue weighted by molar-refractivity contribution is -0.142. The highest BCUT2D eigenvalue weighted by atomic mass is 16.5. The number of hydrogen-bond donors (Lipinski definition) is 6. The molecule has 2 heterocycles. The van der Waals surface area contributed by atoms with Crippen LogP contribution in [0.5, 0.6) is 11.5 Å². The number of aromatic hydroxyl groups is 1. The number of carbonyl (C=O) groups excluding carboxylic acids is 2. The molecule has 0 spiro atoms. The number of aromatic nitrogens is 1. The number of aliphatic imine (C=N–C) groups is 1. The lowest BCUT2D eigenvalue weighted by atomic mass is 9.73. The number of nitrogens with zero attached hydrogens (tertiary/aromatic N) is 2. The van der Waals surface area contributed by atoms with E-state index in [-0.39, 0.29) is 48.0 Å². The number of methoxy groups -OCH3 is 1. The Hall–Kier alpha value is -4.99. The lowest BCUT2D eigenvalue weighted by Crippen LogP contribution is -2.39. The summed E-state index contributed by atoms with van der Waals surface area (Å²) in [7, 11) is 1.47. The number of anilines is 1. The third kappa shape index (κ3) is 11.7. The van der Waals surface area contributed by atoms with Crippen LogP contribution in [0.4, 0.5) is 5.82 Å². The Balaban J connectivity index is 1.39. The SMILES string of the molecule is CCCC(C(O)CC1=C[C+](C(C)CNCC(C)O)C=N1)C1CC(Cc2ccnc(N)c2)CC2C#CC(c3ccccc3)c3cc(O)c(OC)cc3CCC(=O)C(O)C(=O)C2C1. The van der Waals surface area contributed by atoms with Gasteiger partial charge >= 0.3 is 0 Å². The molecule has 2 aliphatic carbocycles. The number of fused-ring (bicyclic) bond motifs is 2. The van der Waals surface area contributed by atoms with Crippen molar-refractivity contribution in [2.45, 2.75) is 103 Å². The van der Waals surface area contributed by atoms with Crippen molar-refractivity contribution < 1.29 is 34.8 Å². The first-order chi connectivity index (χ1) is 29.3. The van der Waals surface area contributed by atoms with Crippen molar-refractivity contribution in [2.75, 3.05) is 25.9 Å². The molecule has 1 aromatic heterocycles. The van der Waals surface area contributed by atoms with Crippen molar-refractivity contribution in [3.63, 3.8) is 0 Å². The molecule has 2 aromatic carbocycles. The number of benzene rings is 2. The molecular weight excluding hydrogens is 769 g/mol. The van der Waals surface area contributed by atoms with Crippen molar-refractivity contribution >= 4 is 23.6 Å². The molecule has 3 aliphatic rings. The van der Waals surface area contributed by atoms with E-state index in [0.717, 1.165) is 40.3 Å². The van der Waals surface area contributed by atoms with Gasteiger partial charge in [-0.05, 0) is 117 Å². The molecule has 10 unspecified atom stereocenters. The van der Waals surface area contributed by atoms with Crippen LogP contribution >= 0.6 is 0 Å². The number of phenolic OH excluding ortho intramolecular Hbond substituents is 1. The van der Waals surface area contributed by atoms with Crippen LogP contribution in [0.25, 0.3) is 0 Å². The minimum Gasteiger partial charge on any atom is -0.504 e. The summed E-state index contributed by atoms with van der Waals surface area (Å²) < 4.78 is 5.45. The second-order valence-corrected chi connectivity index (χ2v) is 17.5. The summed E-state index contributed by atoms with van der Waals surface area (Å²) in [5.41, 5.74) is 10.3. The average molecular weight is 832 g/mol. The number of Topliss-reactive ketones (excluding diaryl/α,β-unsaturated/α-hetero) is 2. The fourth-order valence-electron chi connectivity index (χ4n) is 9.66. The highest BCUT2D eigenvalue weighted by Crippen LogP contribution is 2.45. The van der Waals surface area contributed by atoms with Crippen molar-refractivity contribution in [3.05, 3.63) is 101 Å². The Labute approximate surface area is 360 Å². The Bertz CT molecular complexity index is 2090. The van der Waals surface area contributed by atoms with Gasteiger partial charge in [-0.25, -0.2) is 4.98 Å². The molecule has 1 fully saturated rings. The monoisotopic (exact) mass is 831 g/mol. The molecule has 10 atom stereocenters. The van der Waals surface area contributed by atoms with E-state index in [2.05, 4.69) is 36.0 Å². The first-order valence-electron chi connectivity index (χ1n) is 21.9. The van der Waals surface area contributed by atoms with Crippen LogP contribution in [-0.2, 0) is 22.4 Å². The number of pyridine rings is 1. The molecule has 324 valence electrons. The number of ether oxygens (including phenoxy) is 1. The Kier molecular flexibility index (Phi) is 15.8. The average Bonchev–Trinajstić information content (AvgIpc) is 3.63. The summed E-state index contributed by atoms with van der Waals surface area (Å²) in [6.07, 6.45) is 6.81. The molecule has 0 amide bonds. The Morgan fingerprint density at radius 1 is 1.02 bits per heavy atom. The number of ketones is 2. The first-order valence-corrected chi connectivity index (χ1v) is 21.9. The highest BCUT2D eigenvalue weighted by Gasteiger charge is 2.44. The number of nitrogen functional groups attached to an aromatic ring is 1. The molecule has 6 rings (SSSR count). The van der Waals surface area contributed by atoms with Crippen LogP contribution < -0.4 is 15.8 Å². The van der Waals surface area contributed by atoms with Crippen LogP contribution in [0.15, 0.2) is 77.6 Å². The Morgan fingerprint density at radius 2 is 1.80 bits per heavy atom. The maximum Gasteiger partial charge on any atom is 0.177 e. The third-order valence-corrected chi connectivity index (χ3v) is 12.8. The number of aliphatic hydroxyl groups excluding tert-OH is 3. The number of rotatable bonds is 15. The van der Waals surface area contributed by atoms with E-state index in [9.17, 15) is 30.0 Å². The van der Waals surface area contributed by atoms with Crippen molar-refractivity contribution in [1.29, 1.82) is 0 Å². The maximum atomic E-state index is 14.7. The van der Waals surface area contributed by atoms with Crippen LogP contribution in [0.3, 0.4) is 0 Å². The van der Waals surface area contributed by atoms with Gasteiger partial charge in [-0.15, -0.1) is 4.99 Å². The standard InChI is InChI=1S/C50H62N4O7/c1-5-9-41(45(57)25-39-22-38(29-54-39)30(2)27-52-28-31(3)55)37-20-33(18-32-16-17-53-48(51)21-32)19-35-12-14-40(34-10-7-6-8-11-34)42-26-46(58)47(61-4)24-36(42)13-15-44(56)50(60)49(59)43(35)23-37/h6-8,10-11,16-17,21-22,24,26,29-31,33,35,37,40-41,43,45,50,52,55,57,60H,5,9,13,15,18-20,23,25,27-28H2,1-4H3,(H2-,51,53,58)/p+1. The molecule has 0 saturated heterocycles. The van der Waals surface area contributed by atoms with Gasteiger partial charge in [0.15, 0.2) is 34.9 Å². The normalized spacial score (nSPS) is 25.0. The number of nitrogens with one attached hydrogen (secondary N) is 1. The number of aryl methyl sites for hydroxylation is 1. The van der Waals surface area contributed by atoms with Gasteiger partial charge in [0.1, 0.15) is 24.0 Å². The zero-order chi connectivity index (χ0) is 43.6. The van der Waals surface area contributed by atoms with E-state index in [1.165, 1.54) is 7.11 Å². The van der Waals surface area contributed by atoms with E-state index in [0.29, 0.717) is 57.4 Å². The summed E-state index contributed by atoms with van der Waals surface area (Å²) in [5.74, 6) is 5.82. The molecule has 0 bridgehead atoms. The molecule has 0 radical (unpaired) electrons. The van der Waals surface area contributed by atoms with Gasteiger partial charge in [0.25, 0.3) is 0 Å². The van der Waals surface area contributed by atoms with Gasteiger partial charge in [0, 0.05) is 37.5 Å². The fourth-order valence-corrected chi connectivity index (χ4v) is 9.66. The van der Waals surface area contributed by atoms with Gasteiger partial charge in [-0.3, -0.25) is 9.59 Å². The van der Waals surface area contributed by atoms with E-state index in [1.54, 1.807) is 25.3 Å². The molecule has 1 aliphatic heterocycles. The largest absolute Gasteiger partial charge is 0.504 e. The minimum atomic E-state index is -1.82. The molecule has 11 heteroatoms. The van der Waals surface area contributed by atoms with Crippen molar-refractivity contribution in [2.24, 2.45) is 40.5 Å². The van der Waals surface area contributed by atoms with Gasteiger partial charge in [0.2, 0.25) is 0 Å². The topological polar surface area (TPSA) is 188 Å². The van der Waals surface area contributed by atoms with E-state index < -0.39 is 47.6 Å². The number of phenols is 1. The van der Waals surface area contributed by atoms with Crippen LogP contribution in [0.2, 0.25) is 0 Å². The van der Waals surface area contributed by atoms with Crippen molar-refractivity contribution in [3.8, 4) is 23.3 Å². The van der Waals surface area contributed by atoms with Gasteiger partial charge in [-0.2, -0.15) is 0 Å². The third-order valence-electron chi connectivity index (χ3n) is 12.8. The van der Waals surface area contributed by atoms with Crippen LogP contribution in [0, 0.1) is 53.3 Å². The number of hydrogen-bond acceptors (Lipinski definition) is 11. The van der Waals surface area contributed by atoms with E-state index in [1.807, 2.05) is 54.8 Å². The first kappa shape index (κ1) is 45.5. The molecular formula is C50H63N4O7+. The number of carbonyl (C=O) groups is 2. The van der Waals surface area contributed by atoms with Gasteiger partial charge in [-0.1, -0.05) is 55.5 Å². The molecule has 61 heavy (non-hydrogen) atoms. The van der Waals surface area contributed by atoms with E-state index >= 15 is 0 Å². The van der Waals surface area contributed by atoms with Crippen molar-refractivity contribution in [1.82, 2.24) is 10.3 Å². The quantitative estimate of drug-likeness (QED) is 0.0588. The second-order valence-electron chi connectivity index (χ2n) is 17.5. The molecule has 1 saturated carbocycles. The fraction of sp³-hybridized carbons (Fsp3) is 0.500. The predicted molar refractivity (Wildman–Crippen MR) is 238 cm³/mol.